The minimum atomic E-state index is -0.406. The SMILES string of the molecule is C=C(C)C(=O)OC1=CCC(c2ccc(N(c3ccc(-c4ccc5c(c4)c4ccccc4n5-c4ccccc4)cc3)c3ccc(-c4ccc5c(c4)c4ccccc4n5-c4ccccc4)cc3)cc2)C=C1. The van der Waals surface area contributed by atoms with Crippen molar-refractivity contribution in [1.82, 2.24) is 9.13 Å². The number of ether oxygens (including phenoxy) is 1. The highest BCUT2D eigenvalue weighted by Crippen LogP contribution is 2.41. The van der Waals surface area contributed by atoms with Crippen LogP contribution < -0.4 is 4.90 Å². The van der Waals surface area contributed by atoms with E-state index in [1.807, 2.05) is 12.2 Å². The summed E-state index contributed by atoms with van der Waals surface area (Å²) in [7, 11) is 0. The molecule has 11 aromatic rings. The molecule has 2 aromatic heterocycles. The van der Waals surface area contributed by atoms with Gasteiger partial charge in [0.25, 0.3) is 0 Å². The summed E-state index contributed by atoms with van der Waals surface area (Å²) < 4.78 is 10.2. The highest BCUT2D eigenvalue weighted by Gasteiger charge is 2.19. The summed E-state index contributed by atoms with van der Waals surface area (Å²) in [5.41, 5.74) is 16.4. The van der Waals surface area contributed by atoms with E-state index in [0.717, 1.165) is 46.0 Å². The predicted octanol–water partition coefficient (Wildman–Crippen LogP) is 16.7. The van der Waals surface area contributed by atoms with Crippen molar-refractivity contribution in [2.24, 2.45) is 0 Å². The zero-order valence-corrected chi connectivity index (χ0v) is 38.2. The maximum absolute atomic E-state index is 12.1. The molecule has 1 aliphatic rings. The van der Waals surface area contributed by atoms with E-state index in [-0.39, 0.29) is 5.92 Å². The quantitative estimate of drug-likeness (QED) is 0.101. The minimum Gasteiger partial charge on any atom is -0.424 e. The van der Waals surface area contributed by atoms with Crippen LogP contribution in [0, 0.1) is 0 Å². The van der Waals surface area contributed by atoms with Crippen LogP contribution in [0.2, 0.25) is 0 Å². The van der Waals surface area contributed by atoms with Crippen LogP contribution in [0.3, 0.4) is 0 Å². The number of allylic oxidation sites excluding steroid dienone is 3. The molecular weight excluding hydrogens is 843 g/mol. The third-order valence-corrected chi connectivity index (χ3v) is 13.5. The molecule has 0 aliphatic heterocycles. The second-order valence-corrected chi connectivity index (χ2v) is 17.8. The average Bonchev–Trinajstić information content (AvgIpc) is 3.92. The van der Waals surface area contributed by atoms with Crippen molar-refractivity contribution in [3.05, 3.63) is 260 Å². The Labute approximate surface area is 401 Å². The van der Waals surface area contributed by atoms with Gasteiger partial charge in [-0.1, -0.05) is 134 Å². The van der Waals surface area contributed by atoms with E-state index in [9.17, 15) is 4.79 Å². The Morgan fingerprint density at radius 2 is 0.913 bits per heavy atom. The van der Waals surface area contributed by atoms with Gasteiger partial charge < -0.3 is 18.8 Å². The van der Waals surface area contributed by atoms with Crippen molar-refractivity contribution >= 4 is 66.6 Å². The van der Waals surface area contributed by atoms with E-state index in [0.29, 0.717) is 11.3 Å². The van der Waals surface area contributed by atoms with Crippen LogP contribution in [0.4, 0.5) is 17.1 Å². The van der Waals surface area contributed by atoms with Gasteiger partial charge in [0.15, 0.2) is 0 Å². The van der Waals surface area contributed by atoms with Crippen molar-refractivity contribution in [2.45, 2.75) is 19.3 Å². The zero-order valence-electron chi connectivity index (χ0n) is 38.2. The molecule has 5 heteroatoms. The highest BCUT2D eigenvalue weighted by molar-refractivity contribution is 6.11. The number of carbonyl (C=O) groups excluding carboxylic acids is 1. The number of hydrogen-bond acceptors (Lipinski definition) is 3. The number of anilines is 3. The Hall–Kier alpha value is -8.93. The number of benzene rings is 9. The van der Waals surface area contributed by atoms with Crippen LogP contribution in [0.1, 0.15) is 24.8 Å². The van der Waals surface area contributed by atoms with Gasteiger partial charge in [-0.15, -0.1) is 0 Å². The lowest BCUT2D eigenvalue weighted by molar-refractivity contribution is -0.134. The maximum atomic E-state index is 12.1. The number of nitrogens with zero attached hydrogens (tertiary/aromatic N) is 3. The summed E-state index contributed by atoms with van der Waals surface area (Å²) >= 11 is 0. The van der Waals surface area contributed by atoms with Crippen LogP contribution >= 0.6 is 0 Å². The molecule has 0 N–H and O–H groups in total. The van der Waals surface area contributed by atoms with Crippen LogP contribution in [0.5, 0.6) is 0 Å². The lowest BCUT2D eigenvalue weighted by Gasteiger charge is -2.26. The molecule has 0 amide bonds. The molecule has 0 radical (unpaired) electrons. The van der Waals surface area contributed by atoms with Crippen molar-refractivity contribution < 1.29 is 9.53 Å². The molecule has 330 valence electrons. The summed E-state index contributed by atoms with van der Waals surface area (Å²) in [6.45, 7) is 5.37. The minimum absolute atomic E-state index is 0.163. The van der Waals surface area contributed by atoms with Gasteiger partial charge in [0.05, 0.1) is 22.1 Å². The van der Waals surface area contributed by atoms with E-state index in [1.54, 1.807) is 6.92 Å². The maximum Gasteiger partial charge on any atom is 0.338 e. The van der Waals surface area contributed by atoms with E-state index >= 15 is 0 Å². The fourth-order valence-electron chi connectivity index (χ4n) is 10.1. The molecule has 1 aliphatic carbocycles. The molecule has 2 heterocycles. The van der Waals surface area contributed by atoms with Crippen molar-refractivity contribution in [2.75, 3.05) is 4.90 Å². The van der Waals surface area contributed by atoms with Crippen molar-refractivity contribution in [3.8, 4) is 33.6 Å². The Kier molecular flexibility index (Phi) is 10.4. The first kappa shape index (κ1) is 41.5. The van der Waals surface area contributed by atoms with Gasteiger partial charge >= 0.3 is 5.97 Å². The van der Waals surface area contributed by atoms with Crippen LogP contribution in [0.25, 0.3) is 77.2 Å². The highest BCUT2D eigenvalue weighted by atomic mass is 16.5. The molecule has 0 spiro atoms. The van der Waals surface area contributed by atoms with Gasteiger partial charge in [0.2, 0.25) is 0 Å². The Bertz CT molecular complexity index is 3600. The van der Waals surface area contributed by atoms with Crippen molar-refractivity contribution in [1.29, 1.82) is 0 Å². The summed E-state index contributed by atoms with van der Waals surface area (Å²) in [4.78, 5) is 14.5. The Morgan fingerprint density at radius 3 is 1.36 bits per heavy atom. The van der Waals surface area contributed by atoms with E-state index in [4.69, 9.17) is 4.74 Å². The number of aromatic nitrogens is 2. The Morgan fingerprint density at radius 1 is 0.493 bits per heavy atom. The summed E-state index contributed by atoms with van der Waals surface area (Å²) in [6, 6.07) is 78.9. The third-order valence-electron chi connectivity index (χ3n) is 13.5. The molecule has 0 saturated carbocycles. The normalized spacial score (nSPS) is 13.5. The molecular formula is C64H47N3O2. The molecule has 5 nitrogen and oxygen atoms in total. The first-order valence-electron chi connectivity index (χ1n) is 23.5. The van der Waals surface area contributed by atoms with Crippen LogP contribution in [-0.4, -0.2) is 15.1 Å². The fraction of sp³-hybridized carbons (Fsp3) is 0.0469. The molecule has 0 saturated heterocycles. The average molecular weight is 890 g/mol. The van der Waals surface area contributed by atoms with Gasteiger partial charge in [-0.05, 0) is 150 Å². The smallest absolute Gasteiger partial charge is 0.338 e. The first-order chi connectivity index (χ1) is 33.9. The van der Waals surface area contributed by atoms with Gasteiger partial charge in [-0.2, -0.15) is 0 Å². The largest absolute Gasteiger partial charge is 0.424 e. The number of esters is 1. The molecule has 12 rings (SSSR count). The fourth-order valence-corrected chi connectivity index (χ4v) is 10.1. The molecule has 69 heavy (non-hydrogen) atoms. The molecule has 1 unspecified atom stereocenters. The van der Waals surface area contributed by atoms with Gasteiger partial charge in [0, 0.05) is 61.5 Å². The second-order valence-electron chi connectivity index (χ2n) is 17.8. The lowest BCUT2D eigenvalue weighted by atomic mass is 9.92. The number of fused-ring (bicyclic) bond motifs is 6. The van der Waals surface area contributed by atoms with Crippen LogP contribution in [0.15, 0.2) is 255 Å². The summed E-state index contributed by atoms with van der Waals surface area (Å²) in [6.07, 6.45) is 6.71. The monoisotopic (exact) mass is 889 g/mol. The predicted molar refractivity (Wildman–Crippen MR) is 286 cm³/mol. The second kappa shape index (κ2) is 17.4. The zero-order chi connectivity index (χ0) is 46.4. The first-order valence-corrected chi connectivity index (χ1v) is 23.5. The lowest BCUT2D eigenvalue weighted by Crippen LogP contribution is -2.10. The van der Waals surface area contributed by atoms with E-state index < -0.39 is 5.97 Å². The molecule has 9 aromatic carbocycles. The molecule has 0 fully saturated rings. The third kappa shape index (κ3) is 7.60. The van der Waals surface area contributed by atoms with Gasteiger partial charge in [-0.3, -0.25) is 0 Å². The standard InChI is InChI=1S/C64H47N3O2/c1-43(2)64(68)69-55-37-27-45(28-38-55)44-21-31-52(32-22-44)65(53-33-23-46(24-34-53)48-29-39-62-58(41-48)56-17-9-11-19-60(56)66(62)50-13-5-3-6-14-50)54-35-25-47(26-36-54)49-30-40-63-59(42-49)57-18-10-12-20-61(57)67(63)51-15-7-4-8-16-51/h3-27,29-42,45H,1,28H2,2H3. The van der Waals surface area contributed by atoms with Gasteiger partial charge in [0.1, 0.15) is 5.76 Å². The molecule has 0 bridgehead atoms. The topological polar surface area (TPSA) is 39.4 Å². The molecule has 1 atom stereocenters. The van der Waals surface area contributed by atoms with Crippen molar-refractivity contribution in [3.63, 3.8) is 0 Å². The summed E-state index contributed by atoms with van der Waals surface area (Å²) in [5, 5.41) is 4.92. The van der Waals surface area contributed by atoms with E-state index in [2.05, 4.69) is 245 Å². The summed E-state index contributed by atoms with van der Waals surface area (Å²) in [5.74, 6) is 0.319. The van der Waals surface area contributed by atoms with Gasteiger partial charge in [-0.25, -0.2) is 4.79 Å². The number of para-hydroxylation sites is 4. The number of carbonyl (C=O) groups is 1. The van der Waals surface area contributed by atoms with E-state index in [1.165, 1.54) is 60.3 Å². The van der Waals surface area contributed by atoms with Crippen LogP contribution in [-0.2, 0) is 9.53 Å². The number of hydrogen-bond donors (Lipinski definition) is 0. The Balaban J connectivity index is 0.893. The number of rotatable bonds is 10.